The Morgan fingerprint density at radius 1 is 1.15 bits per heavy atom. The minimum absolute atomic E-state index is 0.00595. The molecule has 0 bridgehead atoms. The van der Waals surface area contributed by atoms with Crippen LogP contribution < -0.4 is 5.32 Å². The van der Waals surface area contributed by atoms with Crippen LogP contribution in [0, 0.1) is 11.6 Å². The molecule has 0 unspecified atom stereocenters. The van der Waals surface area contributed by atoms with Crippen LogP contribution in [-0.4, -0.2) is 48.4 Å². The number of aliphatic carboxylic acids is 1. The predicted octanol–water partition coefficient (Wildman–Crippen LogP) is 3.45. The molecule has 0 radical (unpaired) electrons. The monoisotopic (exact) mass is 462 g/mol. The summed E-state index contributed by atoms with van der Waals surface area (Å²) in [5.41, 5.74) is 1.21. The molecule has 4 aromatic rings. The number of carboxylic acids is 1. The zero-order chi connectivity index (χ0) is 23.6. The molecule has 3 aromatic heterocycles. The first kappa shape index (κ1) is 21.9. The minimum atomic E-state index is -4.14. The van der Waals surface area contributed by atoms with Gasteiger partial charge in [-0.2, -0.15) is 13.9 Å². The fourth-order valence-corrected chi connectivity index (χ4v) is 2.87. The molecular formula is C20H14F4N6O3. The number of anilines is 1. The Morgan fingerprint density at radius 2 is 1.94 bits per heavy atom. The molecule has 3 heterocycles. The van der Waals surface area contributed by atoms with Gasteiger partial charge in [-0.1, -0.05) is 23.4 Å². The van der Waals surface area contributed by atoms with Crippen molar-refractivity contribution in [1.29, 1.82) is 0 Å². The number of benzene rings is 1. The van der Waals surface area contributed by atoms with Gasteiger partial charge in [-0.25, -0.2) is 23.5 Å². The van der Waals surface area contributed by atoms with Crippen molar-refractivity contribution in [3.8, 4) is 22.9 Å². The fraction of sp³-hybridized carbons (Fsp3) is 0.150. The second kappa shape index (κ2) is 8.68. The number of halogens is 4. The minimum Gasteiger partial charge on any atom is -0.477 e. The Balaban J connectivity index is 1.69. The summed E-state index contributed by atoms with van der Waals surface area (Å²) in [6, 6.07) is 9.10. The van der Waals surface area contributed by atoms with Gasteiger partial charge < -0.3 is 14.9 Å². The van der Waals surface area contributed by atoms with Crippen molar-refractivity contribution in [2.45, 2.75) is 12.5 Å². The van der Waals surface area contributed by atoms with E-state index < -0.39 is 35.9 Å². The van der Waals surface area contributed by atoms with Crippen LogP contribution in [-0.2, 0) is 11.3 Å². The maximum Gasteiger partial charge on any atom is 0.376 e. The van der Waals surface area contributed by atoms with Crippen LogP contribution in [0.1, 0.15) is 5.56 Å². The normalized spacial score (nSPS) is 11.5. The van der Waals surface area contributed by atoms with E-state index in [1.807, 2.05) is 5.32 Å². The van der Waals surface area contributed by atoms with E-state index in [1.54, 1.807) is 24.3 Å². The fourth-order valence-electron chi connectivity index (χ4n) is 2.87. The highest BCUT2D eigenvalue weighted by Crippen LogP contribution is 2.26. The van der Waals surface area contributed by atoms with Crippen LogP contribution in [0.3, 0.4) is 0 Å². The summed E-state index contributed by atoms with van der Waals surface area (Å²) in [6.07, 6.45) is 2.06. The number of nitrogens with zero attached hydrogens (tertiary/aromatic N) is 5. The summed E-state index contributed by atoms with van der Waals surface area (Å²) in [6.45, 7) is -1.38. The first-order valence-electron chi connectivity index (χ1n) is 9.34. The van der Waals surface area contributed by atoms with Gasteiger partial charge in [0.2, 0.25) is 0 Å². The lowest BCUT2D eigenvalue weighted by atomic mass is 10.2. The van der Waals surface area contributed by atoms with Gasteiger partial charge in [0.15, 0.2) is 17.5 Å². The van der Waals surface area contributed by atoms with Crippen LogP contribution in [0.5, 0.6) is 0 Å². The van der Waals surface area contributed by atoms with Crippen LogP contribution in [0.15, 0.2) is 53.4 Å². The molecule has 1 aromatic carbocycles. The van der Waals surface area contributed by atoms with Crippen molar-refractivity contribution >= 4 is 11.8 Å². The van der Waals surface area contributed by atoms with Gasteiger partial charge in [-0.15, -0.1) is 0 Å². The number of hydrogen-bond acceptors (Lipinski definition) is 7. The van der Waals surface area contributed by atoms with Crippen molar-refractivity contribution in [3.63, 3.8) is 0 Å². The molecule has 2 N–H and O–H groups in total. The molecule has 0 atom stereocenters. The van der Waals surface area contributed by atoms with Gasteiger partial charge in [0.25, 0.3) is 0 Å². The van der Waals surface area contributed by atoms with Gasteiger partial charge in [0, 0.05) is 11.6 Å². The smallest absolute Gasteiger partial charge is 0.376 e. The van der Waals surface area contributed by atoms with E-state index in [2.05, 4.69) is 20.2 Å². The zero-order valence-corrected chi connectivity index (χ0v) is 16.5. The van der Waals surface area contributed by atoms with Crippen LogP contribution in [0.25, 0.3) is 22.9 Å². The average Bonchev–Trinajstić information content (AvgIpc) is 3.45. The second-order valence-corrected chi connectivity index (χ2v) is 6.80. The summed E-state index contributed by atoms with van der Waals surface area (Å²) in [5, 5.41) is 18.7. The summed E-state index contributed by atoms with van der Waals surface area (Å²) < 4.78 is 61.2. The Labute approximate surface area is 182 Å². The Kier molecular flexibility index (Phi) is 5.77. The summed E-state index contributed by atoms with van der Waals surface area (Å²) >= 11 is 0. The zero-order valence-electron chi connectivity index (χ0n) is 16.5. The second-order valence-electron chi connectivity index (χ2n) is 6.80. The molecule has 0 fully saturated rings. The molecular weight excluding hydrogens is 448 g/mol. The molecule has 0 saturated heterocycles. The largest absolute Gasteiger partial charge is 0.477 e. The van der Waals surface area contributed by atoms with Crippen molar-refractivity contribution in [2.24, 2.45) is 0 Å². The SMILES string of the molecule is O=C(O)C(F)(F)CNc1nc(-c2cc(-c3ccon3)n(Cc3ccccc3F)n2)ncc1F. The van der Waals surface area contributed by atoms with E-state index in [4.69, 9.17) is 9.63 Å². The quantitative estimate of drug-likeness (QED) is 0.382. The van der Waals surface area contributed by atoms with Crippen LogP contribution >= 0.6 is 0 Å². The van der Waals surface area contributed by atoms with E-state index >= 15 is 0 Å². The molecule has 0 saturated carbocycles. The summed E-state index contributed by atoms with van der Waals surface area (Å²) in [7, 11) is 0. The van der Waals surface area contributed by atoms with Gasteiger partial charge >= 0.3 is 11.9 Å². The molecule has 13 heteroatoms. The number of aromatic nitrogens is 5. The highest BCUT2D eigenvalue weighted by Gasteiger charge is 2.38. The molecule has 9 nitrogen and oxygen atoms in total. The summed E-state index contributed by atoms with van der Waals surface area (Å²) in [5.74, 6) is -8.80. The van der Waals surface area contributed by atoms with Crippen LogP contribution in [0.4, 0.5) is 23.4 Å². The van der Waals surface area contributed by atoms with E-state index in [1.165, 1.54) is 23.1 Å². The van der Waals surface area contributed by atoms with Crippen molar-refractivity contribution < 1.29 is 32.0 Å². The number of rotatable bonds is 8. The highest BCUT2D eigenvalue weighted by molar-refractivity contribution is 5.76. The van der Waals surface area contributed by atoms with Crippen molar-refractivity contribution in [2.75, 3.05) is 11.9 Å². The van der Waals surface area contributed by atoms with E-state index in [-0.39, 0.29) is 18.1 Å². The Hall–Kier alpha value is -4.29. The Morgan fingerprint density at radius 3 is 2.64 bits per heavy atom. The van der Waals surface area contributed by atoms with Gasteiger partial charge in [0.1, 0.15) is 23.5 Å². The first-order valence-corrected chi connectivity index (χ1v) is 9.34. The maximum absolute atomic E-state index is 14.2. The standard InChI is InChI=1S/C20H14F4N6O3/c21-12-4-2-1-3-11(12)9-30-16(14-5-6-33-29-14)7-15(28-30)18-25-8-13(22)17(27-18)26-10-20(23,24)19(31)32/h1-8H,9-10H2,(H,31,32)(H,25,26,27). The predicted molar refractivity (Wildman–Crippen MR) is 105 cm³/mol. The lowest BCUT2D eigenvalue weighted by molar-refractivity contribution is -0.162. The number of alkyl halides is 2. The van der Waals surface area contributed by atoms with E-state index in [0.29, 0.717) is 17.0 Å². The molecule has 33 heavy (non-hydrogen) atoms. The molecule has 0 aliphatic heterocycles. The molecule has 0 amide bonds. The van der Waals surface area contributed by atoms with Crippen LogP contribution in [0.2, 0.25) is 0 Å². The molecule has 0 aliphatic rings. The van der Waals surface area contributed by atoms with E-state index in [9.17, 15) is 22.4 Å². The summed E-state index contributed by atoms with van der Waals surface area (Å²) in [4.78, 5) is 18.2. The van der Waals surface area contributed by atoms with Crippen molar-refractivity contribution in [3.05, 3.63) is 66.1 Å². The topological polar surface area (TPSA) is 119 Å². The lowest BCUT2D eigenvalue weighted by Gasteiger charge is -2.13. The third-order valence-corrected chi connectivity index (χ3v) is 4.52. The average molecular weight is 462 g/mol. The third kappa shape index (κ3) is 4.66. The molecule has 0 aliphatic carbocycles. The number of nitrogens with one attached hydrogen (secondary N) is 1. The van der Waals surface area contributed by atoms with Gasteiger partial charge in [-0.3, -0.25) is 4.68 Å². The number of hydrogen-bond donors (Lipinski definition) is 2. The first-order chi connectivity index (χ1) is 15.7. The maximum atomic E-state index is 14.2. The third-order valence-electron chi connectivity index (χ3n) is 4.52. The molecule has 0 spiro atoms. The van der Waals surface area contributed by atoms with Gasteiger partial charge in [-0.05, 0) is 12.1 Å². The number of carboxylic acid groups (broad SMARTS) is 1. The van der Waals surface area contributed by atoms with E-state index in [0.717, 1.165) is 6.20 Å². The molecule has 170 valence electrons. The molecule has 4 rings (SSSR count). The highest BCUT2D eigenvalue weighted by atomic mass is 19.3. The van der Waals surface area contributed by atoms with Crippen molar-refractivity contribution in [1.82, 2.24) is 24.9 Å². The van der Waals surface area contributed by atoms with Gasteiger partial charge in [0.05, 0.1) is 25.0 Å². The Bertz CT molecular complexity index is 1290. The number of carbonyl (C=O) groups is 1. The lowest BCUT2D eigenvalue weighted by Crippen LogP contribution is -2.36.